The van der Waals surface area contributed by atoms with E-state index in [-0.39, 0.29) is 0 Å². The lowest BCUT2D eigenvalue weighted by Crippen LogP contribution is -2.66. The fourth-order valence-electron chi connectivity index (χ4n) is 4.67. The number of hydrogen-bond acceptors (Lipinski definition) is 15. The van der Waals surface area contributed by atoms with Gasteiger partial charge in [-0.25, -0.2) is 0 Å². The van der Waals surface area contributed by atoms with Crippen molar-refractivity contribution in [3.05, 3.63) is 0 Å². The maximum Gasteiger partial charge on any atom is 0.187 e. The Balaban J connectivity index is 1.77. The van der Waals surface area contributed by atoms with Crippen LogP contribution in [0.5, 0.6) is 0 Å². The van der Waals surface area contributed by atoms with E-state index in [0.29, 0.717) is 0 Å². The van der Waals surface area contributed by atoms with Crippen LogP contribution >= 0.6 is 0 Å². The molecule has 0 aliphatic carbocycles. The highest BCUT2D eigenvalue weighted by molar-refractivity contribution is 4.96. The Morgan fingerprint density at radius 2 is 1.03 bits per heavy atom. The molecule has 0 spiro atoms. The Morgan fingerprint density at radius 3 is 1.55 bits per heavy atom. The minimum atomic E-state index is -1.82. The first-order valence-corrected chi connectivity index (χ1v) is 12.6. The van der Waals surface area contributed by atoms with Gasteiger partial charge < -0.3 is 74.4 Å². The molecule has 38 heavy (non-hydrogen) atoms. The van der Waals surface area contributed by atoms with Crippen LogP contribution in [0.3, 0.4) is 0 Å². The molecule has 9 N–H and O–H groups in total. The zero-order valence-electron chi connectivity index (χ0n) is 21.8. The van der Waals surface area contributed by atoms with Crippen molar-refractivity contribution >= 4 is 0 Å². The van der Waals surface area contributed by atoms with Crippen LogP contribution < -0.4 is 0 Å². The Bertz CT molecular complexity index is 732. The molecule has 0 amide bonds. The van der Waals surface area contributed by atoms with Crippen molar-refractivity contribution in [2.45, 2.75) is 119 Å². The van der Waals surface area contributed by atoms with E-state index in [1.54, 1.807) is 27.7 Å². The third-order valence-corrected chi connectivity index (χ3v) is 6.88. The highest BCUT2D eigenvalue weighted by atomic mass is 16.8. The van der Waals surface area contributed by atoms with Crippen LogP contribution in [0.25, 0.3) is 0 Å². The van der Waals surface area contributed by atoms with Crippen LogP contribution in [0, 0.1) is 5.92 Å². The summed E-state index contributed by atoms with van der Waals surface area (Å²) in [7, 11) is 0. The number of aliphatic hydroxyl groups excluding tert-OH is 9. The fraction of sp³-hybridized carbons (Fsp3) is 1.00. The van der Waals surface area contributed by atoms with E-state index in [9.17, 15) is 46.0 Å². The summed E-state index contributed by atoms with van der Waals surface area (Å²) >= 11 is 0. The molecular formula is C23H42O15. The molecule has 3 aliphatic rings. The van der Waals surface area contributed by atoms with Crippen molar-refractivity contribution in [1.29, 1.82) is 0 Å². The van der Waals surface area contributed by atoms with Crippen LogP contribution in [0.15, 0.2) is 0 Å². The number of rotatable bonds is 8. The van der Waals surface area contributed by atoms with Gasteiger partial charge in [0, 0.05) is 5.92 Å². The molecule has 3 heterocycles. The summed E-state index contributed by atoms with van der Waals surface area (Å²) < 4.78 is 33.8. The molecule has 15 heteroatoms. The lowest BCUT2D eigenvalue weighted by atomic mass is 9.91. The van der Waals surface area contributed by atoms with Gasteiger partial charge >= 0.3 is 0 Å². The first-order valence-electron chi connectivity index (χ1n) is 12.6. The second kappa shape index (κ2) is 12.9. The normalized spacial score (nSPS) is 48.7. The van der Waals surface area contributed by atoms with Gasteiger partial charge in [0.1, 0.15) is 61.0 Å². The average Bonchev–Trinajstić information content (AvgIpc) is 2.86. The predicted octanol–water partition coefficient (Wildman–Crippen LogP) is -4.47. The molecule has 0 aromatic rings. The van der Waals surface area contributed by atoms with Gasteiger partial charge in [-0.15, -0.1) is 0 Å². The van der Waals surface area contributed by atoms with E-state index >= 15 is 0 Å². The molecular weight excluding hydrogens is 516 g/mol. The van der Waals surface area contributed by atoms with Crippen LogP contribution in [-0.2, 0) is 28.4 Å². The summed E-state index contributed by atoms with van der Waals surface area (Å²) in [6.45, 7) is 4.99. The largest absolute Gasteiger partial charge is 0.394 e. The molecule has 0 aromatic carbocycles. The Labute approximate surface area is 220 Å². The first kappa shape index (κ1) is 31.9. The summed E-state index contributed by atoms with van der Waals surface area (Å²) in [6.07, 6.45) is -20.8. The molecule has 3 aliphatic heterocycles. The summed E-state index contributed by atoms with van der Waals surface area (Å²) in [4.78, 5) is 0. The van der Waals surface area contributed by atoms with Gasteiger partial charge in [-0.05, 0) is 20.8 Å². The molecule has 0 aromatic heterocycles. The molecule has 15 atom stereocenters. The van der Waals surface area contributed by atoms with Crippen molar-refractivity contribution in [1.82, 2.24) is 0 Å². The van der Waals surface area contributed by atoms with Crippen molar-refractivity contribution in [3.8, 4) is 0 Å². The lowest BCUT2D eigenvalue weighted by Gasteiger charge is -2.49. The van der Waals surface area contributed by atoms with Gasteiger partial charge in [-0.2, -0.15) is 0 Å². The third kappa shape index (κ3) is 6.82. The van der Waals surface area contributed by atoms with Gasteiger partial charge in [-0.3, -0.25) is 0 Å². The standard InChI is InChI=1S/C23H42O15/c1-8-12(27)18(11(7-26)35-20(8)38-23(2,3)4)36-22-17(32)19(14(29)10(6-25)34-22)37-21-16(31)15(30)13(28)9(5-24)33-21/h8-22,24-32H,5-7H2,1-4H3/t8-,9?,10?,11?,12?,13-,14-,15?,16-,17-,18+,19?,20-,21+,22-/m0/s1. The zero-order chi connectivity index (χ0) is 28.5. The van der Waals surface area contributed by atoms with Crippen molar-refractivity contribution in [2.75, 3.05) is 19.8 Å². The monoisotopic (exact) mass is 558 g/mol. The van der Waals surface area contributed by atoms with Gasteiger partial charge in [-0.1, -0.05) is 6.92 Å². The van der Waals surface area contributed by atoms with E-state index in [1.165, 1.54) is 0 Å². The maximum atomic E-state index is 11.0. The van der Waals surface area contributed by atoms with E-state index in [0.717, 1.165) is 0 Å². The molecule has 3 saturated heterocycles. The quantitative estimate of drug-likeness (QED) is 0.136. The van der Waals surface area contributed by atoms with Crippen molar-refractivity contribution < 1.29 is 74.4 Å². The highest BCUT2D eigenvalue weighted by Gasteiger charge is 2.53. The molecule has 0 radical (unpaired) electrons. The van der Waals surface area contributed by atoms with Gasteiger partial charge in [0.2, 0.25) is 0 Å². The minimum absolute atomic E-state index is 0.585. The van der Waals surface area contributed by atoms with Crippen LogP contribution in [-0.4, -0.2) is 157 Å². The molecule has 224 valence electrons. The van der Waals surface area contributed by atoms with E-state index in [4.69, 9.17) is 28.4 Å². The highest BCUT2D eigenvalue weighted by Crippen LogP contribution is 2.35. The van der Waals surface area contributed by atoms with Crippen LogP contribution in [0.4, 0.5) is 0 Å². The number of hydrogen-bond donors (Lipinski definition) is 9. The van der Waals surface area contributed by atoms with Crippen LogP contribution in [0.1, 0.15) is 27.7 Å². The third-order valence-electron chi connectivity index (χ3n) is 6.88. The van der Waals surface area contributed by atoms with E-state index in [1.807, 2.05) is 0 Å². The lowest BCUT2D eigenvalue weighted by molar-refractivity contribution is -0.380. The Kier molecular flexibility index (Phi) is 10.9. The molecule has 0 bridgehead atoms. The molecule has 3 rings (SSSR count). The van der Waals surface area contributed by atoms with E-state index in [2.05, 4.69) is 0 Å². The number of ether oxygens (including phenoxy) is 6. The summed E-state index contributed by atoms with van der Waals surface area (Å²) in [5, 5.41) is 92.0. The van der Waals surface area contributed by atoms with Gasteiger partial charge in [0.05, 0.1) is 31.5 Å². The topological polar surface area (TPSA) is 237 Å². The number of aliphatic hydroxyl groups is 9. The summed E-state index contributed by atoms with van der Waals surface area (Å²) in [5.41, 5.74) is -0.617. The fourth-order valence-corrected chi connectivity index (χ4v) is 4.67. The SMILES string of the molecule is C[C@H]1C(O)[C@H](O[C@@H]2OC(CO)[C@H](O)C(O[C@H]3OC(CO)[C@H](O)C(O)[C@@H]3O)[C@@H]2O)C(CO)O[C@H]1OC(C)(C)C. The molecule has 3 fully saturated rings. The average molecular weight is 559 g/mol. The molecule has 15 nitrogen and oxygen atoms in total. The van der Waals surface area contributed by atoms with E-state index < -0.39 is 117 Å². The smallest absolute Gasteiger partial charge is 0.187 e. The van der Waals surface area contributed by atoms with Crippen molar-refractivity contribution in [3.63, 3.8) is 0 Å². The summed E-state index contributed by atoms with van der Waals surface area (Å²) in [5.74, 6) is -0.636. The predicted molar refractivity (Wildman–Crippen MR) is 123 cm³/mol. The first-order chi connectivity index (χ1) is 17.7. The van der Waals surface area contributed by atoms with Gasteiger partial charge in [0.25, 0.3) is 0 Å². The second-order valence-electron chi connectivity index (χ2n) is 10.9. The molecule has 0 saturated carbocycles. The second-order valence-corrected chi connectivity index (χ2v) is 10.9. The van der Waals surface area contributed by atoms with Crippen molar-refractivity contribution in [2.24, 2.45) is 5.92 Å². The van der Waals surface area contributed by atoms with Gasteiger partial charge in [0.15, 0.2) is 18.9 Å². The summed E-state index contributed by atoms with van der Waals surface area (Å²) in [6, 6.07) is 0. The van der Waals surface area contributed by atoms with Crippen LogP contribution in [0.2, 0.25) is 0 Å². The Hall–Kier alpha value is -0.600. The Morgan fingerprint density at radius 1 is 0.553 bits per heavy atom. The maximum absolute atomic E-state index is 11.0. The zero-order valence-corrected chi connectivity index (χ0v) is 21.8. The molecule has 6 unspecified atom stereocenters. The minimum Gasteiger partial charge on any atom is -0.394 e.